The zero-order valence-corrected chi connectivity index (χ0v) is 12.5. The molecule has 1 aliphatic rings. The van der Waals surface area contributed by atoms with Crippen LogP contribution in [0.15, 0.2) is 18.2 Å². The molecule has 0 heterocycles. The Kier molecular flexibility index (Phi) is 4.48. The van der Waals surface area contributed by atoms with Crippen LogP contribution in [0.1, 0.15) is 49.0 Å². The normalized spacial score (nSPS) is 27.5. The molecule has 4 atom stereocenters. The lowest BCUT2D eigenvalue weighted by Gasteiger charge is -2.24. The molecule has 0 aliphatic heterocycles. The minimum absolute atomic E-state index is 0.168. The molecule has 0 bridgehead atoms. The van der Waals surface area contributed by atoms with Crippen molar-refractivity contribution in [2.45, 2.75) is 46.1 Å². The monoisotopic (exact) mass is 276 g/mol. The molecule has 0 spiro atoms. The van der Waals surface area contributed by atoms with E-state index in [0.29, 0.717) is 12.3 Å². The zero-order valence-electron chi connectivity index (χ0n) is 12.5. The molecule has 1 aromatic carbocycles. The topological polar surface area (TPSA) is 57.5 Å². The maximum Gasteiger partial charge on any atom is 0.306 e. The van der Waals surface area contributed by atoms with Gasteiger partial charge in [-0.2, -0.15) is 0 Å². The Morgan fingerprint density at radius 3 is 2.60 bits per heavy atom. The van der Waals surface area contributed by atoms with Crippen LogP contribution in [0.2, 0.25) is 0 Å². The average Bonchev–Trinajstić information content (AvgIpc) is 2.82. The Bertz CT molecular complexity index is 495. The van der Waals surface area contributed by atoms with Crippen molar-refractivity contribution in [3.63, 3.8) is 0 Å². The average molecular weight is 276 g/mol. The first kappa shape index (κ1) is 15.0. The molecule has 2 rings (SSSR count). The predicted octanol–water partition coefficient (Wildman–Crippen LogP) is 3.47. The minimum atomic E-state index is -0.769. The molecule has 2 N–H and O–H groups in total. The molecule has 3 heteroatoms. The molecule has 0 amide bonds. The van der Waals surface area contributed by atoms with Gasteiger partial charge in [-0.15, -0.1) is 0 Å². The Morgan fingerprint density at radius 2 is 2.05 bits per heavy atom. The molecule has 1 fully saturated rings. The quantitative estimate of drug-likeness (QED) is 0.885. The van der Waals surface area contributed by atoms with E-state index in [2.05, 4.69) is 6.92 Å². The van der Waals surface area contributed by atoms with Gasteiger partial charge in [0.15, 0.2) is 0 Å². The van der Waals surface area contributed by atoms with E-state index in [1.807, 2.05) is 32.0 Å². The summed E-state index contributed by atoms with van der Waals surface area (Å²) in [5.74, 6) is -0.939. The summed E-state index contributed by atoms with van der Waals surface area (Å²) in [6, 6.07) is 5.96. The van der Waals surface area contributed by atoms with Gasteiger partial charge in [0.1, 0.15) is 0 Å². The number of carboxylic acid groups (broad SMARTS) is 1. The van der Waals surface area contributed by atoms with Crippen LogP contribution in [-0.2, 0) is 4.79 Å². The number of aliphatic carboxylic acids is 1. The van der Waals surface area contributed by atoms with E-state index >= 15 is 0 Å². The van der Waals surface area contributed by atoms with Crippen LogP contribution < -0.4 is 0 Å². The maximum absolute atomic E-state index is 11.4. The molecule has 110 valence electrons. The highest BCUT2D eigenvalue weighted by atomic mass is 16.4. The van der Waals surface area contributed by atoms with Crippen LogP contribution in [0.5, 0.6) is 0 Å². The highest BCUT2D eigenvalue weighted by Crippen LogP contribution is 2.45. The van der Waals surface area contributed by atoms with Crippen molar-refractivity contribution in [3.8, 4) is 0 Å². The number of carboxylic acids is 1. The molecule has 0 aromatic heterocycles. The lowest BCUT2D eigenvalue weighted by Crippen LogP contribution is -2.24. The van der Waals surface area contributed by atoms with Crippen molar-refractivity contribution < 1.29 is 15.0 Å². The number of aliphatic hydroxyl groups excluding tert-OH is 1. The van der Waals surface area contributed by atoms with Gasteiger partial charge in [0.05, 0.1) is 12.0 Å². The van der Waals surface area contributed by atoms with E-state index in [0.717, 1.165) is 29.5 Å². The summed E-state index contributed by atoms with van der Waals surface area (Å²) in [4.78, 5) is 11.4. The third-order valence-corrected chi connectivity index (χ3v) is 4.75. The molecule has 1 saturated carbocycles. The van der Waals surface area contributed by atoms with E-state index in [1.54, 1.807) is 0 Å². The van der Waals surface area contributed by atoms with Gasteiger partial charge in [0.2, 0.25) is 0 Å². The smallest absolute Gasteiger partial charge is 0.306 e. The van der Waals surface area contributed by atoms with Crippen LogP contribution in [0.4, 0.5) is 0 Å². The summed E-state index contributed by atoms with van der Waals surface area (Å²) >= 11 is 0. The standard InChI is InChI=1S/C17H24O3/c1-4-12-8-14(15(9-12)17(19)20)16(18)13-6-5-10(2)7-11(13)3/h5-7,12,14-16,18H,4,8-9H2,1-3H3,(H,19,20). The van der Waals surface area contributed by atoms with E-state index in [1.165, 1.54) is 0 Å². The Balaban J connectivity index is 2.26. The fourth-order valence-electron chi connectivity index (χ4n) is 3.53. The predicted molar refractivity (Wildman–Crippen MR) is 78.5 cm³/mol. The largest absolute Gasteiger partial charge is 0.481 e. The highest BCUT2D eigenvalue weighted by molar-refractivity contribution is 5.71. The summed E-state index contributed by atoms with van der Waals surface area (Å²) in [5, 5.41) is 20.1. The van der Waals surface area contributed by atoms with Gasteiger partial charge >= 0.3 is 5.97 Å². The summed E-state index contributed by atoms with van der Waals surface area (Å²) < 4.78 is 0. The van der Waals surface area contributed by atoms with Gasteiger partial charge in [-0.1, -0.05) is 37.1 Å². The summed E-state index contributed by atoms with van der Waals surface area (Å²) in [7, 11) is 0. The number of aliphatic hydroxyl groups is 1. The van der Waals surface area contributed by atoms with Crippen molar-refractivity contribution in [1.29, 1.82) is 0 Å². The minimum Gasteiger partial charge on any atom is -0.481 e. The second-order valence-corrected chi connectivity index (χ2v) is 6.16. The second kappa shape index (κ2) is 5.96. The van der Waals surface area contributed by atoms with E-state index in [9.17, 15) is 15.0 Å². The van der Waals surface area contributed by atoms with Crippen molar-refractivity contribution >= 4 is 5.97 Å². The van der Waals surface area contributed by atoms with Gasteiger partial charge in [0.25, 0.3) is 0 Å². The van der Waals surface area contributed by atoms with Crippen molar-refractivity contribution in [3.05, 3.63) is 34.9 Å². The van der Waals surface area contributed by atoms with Crippen LogP contribution in [-0.4, -0.2) is 16.2 Å². The first-order valence-corrected chi connectivity index (χ1v) is 7.42. The molecule has 4 unspecified atom stereocenters. The van der Waals surface area contributed by atoms with Gasteiger partial charge in [0, 0.05) is 5.92 Å². The molecule has 3 nitrogen and oxygen atoms in total. The van der Waals surface area contributed by atoms with E-state index in [-0.39, 0.29) is 5.92 Å². The number of rotatable bonds is 4. The van der Waals surface area contributed by atoms with Crippen molar-refractivity contribution in [1.82, 2.24) is 0 Å². The van der Waals surface area contributed by atoms with Crippen LogP contribution in [0, 0.1) is 31.6 Å². The molecule has 0 radical (unpaired) electrons. The van der Waals surface area contributed by atoms with Crippen molar-refractivity contribution in [2.24, 2.45) is 17.8 Å². The molecular weight excluding hydrogens is 252 g/mol. The molecule has 0 saturated heterocycles. The lowest BCUT2D eigenvalue weighted by molar-refractivity contribution is -0.144. The number of hydrogen-bond donors (Lipinski definition) is 2. The fourth-order valence-corrected chi connectivity index (χ4v) is 3.53. The summed E-state index contributed by atoms with van der Waals surface area (Å²) in [6.45, 7) is 6.09. The first-order valence-electron chi connectivity index (χ1n) is 7.42. The van der Waals surface area contributed by atoms with Crippen LogP contribution in [0.3, 0.4) is 0 Å². The molecule has 1 aliphatic carbocycles. The van der Waals surface area contributed by atoms with Gasteiger partial charge in [-0.05, 0) is 43.7 Å². The lowest BCUT2D eigenvalue weighted by atomic mass is 9.85. The number of hydrogen-bond acceptors (Lipinski definition) is 2. The Labute approximate surface area is 120 Å². The van der Waals surface area contributed by atoms with E-state index < -0.39 is 18.0 Å². The molecule has 1 aromatic rings. The molecule has 20 heavy (non-hydrogen) atoms. The van der Waals surface area contributed by atoms with E-state index in [4.69, 9.17) is 0 Å². The van der Waals surface area contributed by atoms with Gasteiger partial charge < -0.3 is 10.2 Å². The maximum atomic E-state index is 11.4. The number of aryl methyl sites for hydroxylation is 2. The van der Waals surface area contributed by atoms with Crippen molar-refractivity contribution in [2.75, 3.05) is 0 Å². The number of benzene rings is 1. The summed E-state index contributed by atoms with van der Waals surface area (Å²) in [6.07, 6.45) is 1.81. The zero-order chi connectivity index (χ0) is 14.9. The molecular formula is C17H24O3. The van der Waals surface area contributed by atoms with Crippen LogP contribution in [0.25, 0.3) is 0 Å². The number of carbonyl (C=O) groups is 1. The summed E-state index contributed by atoms with van der Waals surface area (Å²) in [5.41, 5.74) is 3.08. The SMILES string of the molecule is CCC1CC(C(=O)O)C(C(O)c2ccc(C)cc2C)C1. The van der Waals surface area contributed by atoms with Gasteiger partial charge in [-0.3, -0.25) is 4.79 Å². The van der Waals surface area contributed by atoms with Gasteiger partial charge in [-0.25, -0.2) is 0 Å². The van der Waals surface area contributed by atoms with Crippen LogP contribution >= 0.6 is 0 Å². The highest BCUT2D eigenvalue weighted by Gasteiger charge is 2.42. The Morgan fingerprint density at radius 1 is 1.35 bits per heavy atom. The fraction of sp³-hybridized carbons (Fsp3) is 0.588. The Hall–Kier alpha value is -1.35. The third kappa shape index (κ3) is 2.88. The third-order valence-electron chi connectivity index (χ3n) is 4.75. The first-order chi connectivity index (χ1) is 9.43. The second-order valence-electron chi connectivity index (χ2n) is 6.16.